The molecule has 0 unspecified atom stereocenters. The molecule has 188 valence electrons. The van der Waals surface area contributed by atoms with Crippen molar-refractivity contribution in [1.82, 2.24) is 30.1 Å². The Hall–Kier alpha value is -4.19. The zero-order valence-corrected chi connectivity index (χ0v) is 20.0. The largest absolute Gasteiger partial charge is 0.395 e. The molecular weight excluding hydrogens is 462 g/mol. The van der Waals surface area contributed by atoms with Gasteiger partial charge in [0.25, 0.3) is 5.91 Å². The Morgan fingerprint density at radius 2 is 1.94 bits per heavy atom. The summed E-state index contributed by atoms with van der Waals surface area (Å²) >= 11 is 0. The van der Waals surface area contributed by atoms with Crippen molar-refractivity contribution in [2.75, 3.05) is 37.7 Å². The van der Waals surface area contributed by atoms with Crippen molar-refractivity contribution in [2.24, 2.45) is 4.99 Å². The van der Waals surface area contributed by atoms with Gasteiger partial charge in [-0.3, -0.25) is 9.59 Å². The van der Waals surface area contributed by atoms with Crippen LogP contribution in [0.1, 0.15) is 39.4 Å². The van der Waals surface area contributed by atoms with Crippen LogP contribution in [0.2, 0.25) is 0 Å². The number of carbonyl (C=O) groups is 2. The topological polar surface area (TPSA) is 177 Å². The second-order valence-electron chi connectivity index (χ2n) is 9.22. The molecule has 2 fully saturated rings. The second-order valence-corrected chi connectivity index (χ2v) is 9.22. The minimum absolute atomic E-state index is 0.0139. The third kappa shape index (κ3) is 4.19. The molecule has 0 bridgehead atoms. The van der Waals surface area contributed by atoms with Gasteiger partial charge in [0.15, 0.2) is 17.5 Å². The summed E-state index contributed by atoms with van der Waals surface area (Å²) in [6.45, 7) is 3.88. The SMILES string of the molecule is Cc1nc(C(=O)/N=C2\NCC3(CCN(C(=O)c4cccc5c4ccn5CCO)CC3)N2)c(N)nc1N. The number of nitrogen functional groups attached to an aromatic ring is 2. The first-order chi connectivity index (χ1) is 17.3. The molecule has 1 aromatic carbocycles. The summed E-state index contributed by atoms with van der Waals surface area (Å²) in [7, 11) is 0. The number of nitrogens with two attached hydrogens (primary N) is 2. The molecule has 5 rings (SSSR count). The third-order valence-electron chi connectivity index (χ3n) is 6.92. The highest BCUT2D eigenvalue weighted by Gasteiger charge is 2.41. The number of piperidine rings is 1. The van der Waals surface area contributed by atoms with Gasteiger partial charge in [0, 0.05) is 48.8 Å². The molecule has 3 aromatic rings. The van der Waals surface area contributed by atoms with E-state index in [1.54, 1.807) is 6.92 Å². The zero-order valence-electron chi connectivity index (χ0n) is 20.0. The molecule has 0 radical (unpaired) electrons. The summed E-state index contributed by atoms with van der Waals surface area (Å²) in [5.74, 6) is -0.156. The number of aliphatic imine (C=N–C) groups is 1. The number of anilines is 2. The van der Waals surface area contributed by atoms with Crippen LogP contribution >= 0.6 is 0 Å². The normalized spacial score (nSPS) is 17.9. The molecule has 0 atom stereocenters. The van der Waals surface area contributed by atoms with Crippen LogP contribution in [0.15, 0.2) is 35.5 Å². The first kappa shape index (κ1) is 23.5. The van der Waals surface area contributed by atoms with Gasteiger partial charge >= 0.3 is 5.91 Å². The number of amides is 2. The second kappa shape index (κ2) is 9.11. The molecule has 2 aliphatic rings. The summed E-state index contributed by atoms with van der Waals surface area (Å²) in [6.07, 6.45) is 3.29. The number of aromatic nitrogens is 3. The molecular formula is C24H29N9O3. The van der Waals surface area contributed by atoms with Crippen molar-refractivity contribution in [1.29, 1.82) is 0 Å². The number of likely N-dealkylation sites (tertiary alicyclic amines) is 1. The van der Waals surface area contributed by atoms with E-state index in [0.29, 0.717) is 56.2 Å². The Kier molecular flexibility index (Phi) is 5.96. The van der Waals surface area contributed by atoms with E-state index in [0.717, 1.165) is 10.9 Å². The van der Waals surface area contributed by atoms with Gasteiger partial charge in [-0.25, -0.2) is 9.97 Å². The van der Waals surface area contributed by atoms with Gasteiger partial charge in [-0.1, -0.05) is 6.07 Å². The number of aliphatic hydroxyl groups excluding tert-OH is 1. The minimum Gasteiger partial charge on any atom is -0.395 e. The highest BCUT2D eigenvalue weighted by atomic mass is 16.3. The number of hydrogen-bond acceptors (Lipinski definition) is 7. The van der Waals surface area contributed by atoms with E-state index in [2.05, 4.69) is 25.6 Å². The van der Waals surface area contributed by atoms with E-state index in [9.17, 15) is 14.7 Å². The number of nitrogens with one attached hydrogen (secondary N) is 2. The van der Waals surface area contributed by atoms with Gasteiger partial charge < -0.3 is 36.7 Å². The molecule has 2 amide bonds. The van der Waals surface area contributed by atoms with Crippen molar-refractivity contribution in [2.45, 2.75) is 31.8 Å². The molecule has 7 N–H and O–H groups in total. The van der Waals surface area contributed by atoms with Crippen LogP contribution in [0.5, 0.6) is 0 Å². The smallest absolute Gasteiger partial charge is 0.302 e. The number of fused-ring (bicyclic) bond motifs is 1. The van der Waals surface area contributed by atoms with E-state index in [1.807, 2.05) is 39.9 Å². The molecule has 0 aliphatic carbocycles. The Morgan fingerprint density at radius 3 is 2.69 bits per heavy atom. The maximum absolute atomic E-state index is 13.4. The highest BCUT2D eigenvalue weighted by molar-refractivity contribution is 6.07. The van der Waals surface area contributed by atoms with E-state index in [1.165, 1.54) is 0 Å². The van der Waals surface area contributed by atoms with Crippen molar-refractivity contribution in [3.63, 3.8) is 0 Å². The molecule has 2 aliphatic heterocycles. The molecule has 4 heterocycles. The molecule has 2 aromatic heterocycles. The number of hydrogen-bond donors (Lipinski definition) is 5. The van der Waals surface area contributed by atoms with Crippen molar-refractivity contribution >= 4 is 40.3 Å². The number of benzene rings is 1. The summed E-state index contributed by atoms with van der Waals surface area (Å²) in [6, 6.07) is 7.59. The summed E-state index contributed by atoms with van der Waals surface area (Å²) in [5.41, 5.74) is 13.2. The average Bonchev–Trinajstić information content (AvgIpc) is 3.45. The number of nitrogens with zero attached hydrogens (tertiary/aromatic N) is 5. The maximum Gasteiger partial charge on any atom is 0.302 e. The Balaban J connectivity index is 1.26. The van der Waals surface area contributed by atoms with E-state index in [-0.39, 0.29) is 35.4 Å². The predicted molar refractivity (Wildman–Crippen MR) is 135 cm³/mol. The maximum atomic E-state index is 13.4. The van der Waals surface area contributed by atoms with Crippen LogP contribution < -0.4 is 22.1 Å². The van der Waals surface area contributed by atoms with E-state index < -0.39 is 5.91 Å². The lowest BCUT2D eigenvalue weighted by Crippen LogP contribution is -2.53. The van der Waals surface area contributed by atoms with Crippen molar-refractivity contribution in [3.05, 3.63) is 47.4 Å². The Labute approximate surface area is 207 Å². The van der Waals surface area contributed by atoms with Crippen LogP contribution in [0.25, 0.3) is 10.9 Å². The van der Waals surface area contributed by atoms with Crippen LogP contribution in [-0.2, 0) is 6.54 Å². The number of aliphatic hydroxyl groups is 1. The first-order valence-corrected chi connectivity index (χ1v) is 11.8. The fourth-order valence-corrected chi connectivity index (χ4v) is 4.84. The average molecular weight is 492 g/mol. The van der Waals surface area contributed by atoms with Gasteiger partial charge in [0.1, 0.15) is 5.82 Å². The van der Waals surface area contributed by atoms with Gasteiger partial charge in [-0.2, -0.15) is 4.99 Å². The predicted octanol–water partition coefficient (Wildman–Crippen LogP) is 0.260. The molecule has 1 spiro atoms. The number of guanidine groups is 1. The van der Waals surface area contributed by atoms with Gasteiger partial charge in [-0.15, -0.1) is 0 Å². The zero-order chi connectivity index (χ0) is 25.4. The highest BCUT2D eigenvalue weighted by Crippen LogP contribution is 2.28. The van der Waals surface area contributed by atoms with Gasteiger partial charge in [0.2, 0.25) is 0 Å². The monoisotopic (exact) mass is 491 g/mol. The number of rotatable bonds is 4. The summed E-state index contributed by atoms with van der Waals surface area (Å²) in [4.78, 5) is 40.1. The Bertz CT molecular complexity index is 1370. The van der Waals surface area contributed by atoms with Crippen LogP contribution in [0.3, 0.4) is 0 Å². The lowest BCUT2D eigenvalue weighted by atomic mass is 9.88. The molecule has 12 heteroatoms. The van der Waals surface area contributed by atoms with Crippen LogP contribution in [0, 0.1) is 6.92 Å². The van der Waals surface area contributed by atoms with Crippen LogP contribution in [0.4, 0.5) is 11.6 Å². The van der Waals surface area contributed by atoms with Crippen molar-refractivity contribution in [3.8, 4) is 0 Å². The number of carbonyl (C=O) groups excluding carboxylic acids is 2. The van der Waals surface area contributed by atoms with Crippen LogP contribution in [-0.4, -0.2) is 74.1 Å². The van der Waals surface area contributed by atoms with Gasteiger partial charge in [0.05, 0.1) is 17.8 Å². The summed E-state index contributed by atoms with van der Waals surface area (Å²) in [5, 5.41) is 16.7. The Morgan fingerprint density at radius 1 is 1.17 bits per heavy atom. The lowest BCUT2D eigenvalue weighted by molar-refractivity contribution is 0.0671. The number of aryl methyl sites for hydroxylation is 1. The lowest BCUT2D eigenvalue weighted by Gasteiger charge is -2.38. The van der Waals surface area contributed by atoms with E-state index >= 15 is 0 Å². The quantitative estimate of drug-likeness (QED) is 0.342. The third-order valence-corrected chi connectivity index (χ3v) is 6.92. The molecule has 0 saturated carbocycles. The van der Waals surface area contributed by atoms with Gasteiger partial charge in [-0.05, 0) is 38.0 Å². The van der Waals surface area contributed by atoms with Crippen molar-refractivity contribution < 1.29 is 14.7 Å². The minimum atomic E-state index is -0.607. The fourth-order valence-electron chi connectivity index (χ4n) is 4.84. The summed E-state index contributed by atoms with van der Waals surface area (Å²) < 4.78 is 1.94. The molecule has 2 saturated heterocycles. The molecule has 12 nitrogen and oxygen atoms in total. The first-order valence-electron chi connectivity index (χ1n) is 11.8. The van der Waals surface area contributed by atoms with E-state index in [4.69, 9.17) is 11.5 Å². The standard InChI is InChI=1S/C24H29N9O3/c1-14-19(25)29-20(26)18(28-14)21(35)30-23-27-13-24(31-23)6-9-33(10-7-24)22(36)16-3-2-4-17-15(16)5-8-32(17)11-12-34/h2-5,8,34H,6-7,9-13H2,1H3,(H4,25,26,29)(H2,27,30,31,35). The fraction of sp³-hybridized carbons (Fsp3) is 0.375. The molecule has 36 heavy (non-hydrogen) atoms.